The lowest BCUT2D eigenvalue weighted by Gasteiger charge is -2.31. The molecule has 0 atom stereocenters. The molecular weight excluding hydrogens is 234 g/mol. The number of hydrogen-bond acceptors (Lipinski definition) is 2. The van der Waals surface area contributed by atoms with E-state index in [4.69, 9.17) is 0 Å². The predicted molar refractivity (Wildman–Crippen MR) is 80.6 cm³/mol. The molecule has 2 N–H and O–H groups in total. The molecule has 1 saturated heterocycles. The van der Waals surface area contributed by atoms with Crippen LogP contribution in [0, 0.1) is 12.8 Å². The van der Waals surface area contributed by atoms with Crippen LogP contribution in [-0.4, -0.2) is 43.1 Å². The van der Waals surface area contributed by atoms with E-state index in [1.54, 1.807) is 0 Å². The number of likely N-dealkylation sites (N-methyl/N-ethyl adjacent to an activating group) is 1. The molecule has 102 valence electrons. The molecule has 3 heteroatoms. The molecule has 1 aliphatic heterocycles. The van der Waals surface area contributed by atoms with Crippen LogP contribution >= 0.6 is 0 Å². The fourth-order valence-electron chi connectivity index (χ4n) is 2.97. The molecule has 0 unspecified atom stereocenters. The Hall–Kier alpha value is -1.32. The molecule has 3 nitrogen and oxygen atoms in total. The summed E-state index contributed by atoms with van der Waals surface area (Å²) in [5, 5.41) is 4.73. The summed E-state index contributed by atoms with van der Waals surface area (Å²) >= 11 is 0. The zero-order chi connectivity index (χ0) is 13.2. The first-order valence-electron chi connectivity index (χ1n) is 7.19. The third-order valence-electron chi connectivity index (χ3n) is 4.21. The number of nitrogens with one attached hydrogen (secondary N) is 2. The molecule has 0 amide bonds. The Bertz CT molecular complexity index is 554. The molecule has 0 saturated carbocycles. The number of aryl methyl sites for hydroxylation is 1. The van der Waals surface area contributed by atoms with Crippen molar-refractivity contribution in [3.63, 3.8) is 0 Å². The van der Waals surface area contributed by atoms with Crippen LogP contribution in [0.25, 0.3) is 10.9 Å². The third-order valence-corrected chi connectivity index (χ3v) is 4.21. The number of fused-ring (bicyclic) bond motifs is 1. The number of aromatic nitrogens is 1. The van der Waals surface area contributed by atoms with Crippen molar-refractivity contribution in [2.45, 2.75) is 13.3 Å². The summed E-state index contributed by atoms with van der Waals surface area (Å²) in [6, 6.07) is 8.61. The lowest BCUT2D eigenvalue weighted by atomic mass is 10.0. The van der Waals surface area contributed by atoms with Gasteiger partial charge >= 0.3 is 0 Å². The van der Waals surface area contributed by atoms with Crippen LogP contribution in [0.1, 0.15) is 11.3 Å². The monoisotopic (exact) mass is 257 g/mol. The first-order valence-corrected chi connectivity index (χ1v) is 7.19. The van der Waals surface area contributed by atoms with Crippen LogP contribution < -0.4 is 5.32 Å². The minimum atomic E-state index is 0.856. The van der Waals surface area contributed by atoms with Crippen LogP contribution in [0.5, 0.6) is 0 Å². The second kappa shape index (κ2) is 5.35. The van der Waals surface area contributed by atoms with Crippen molar-refractivity contribution < 1.29 is 0 Å². The van der Waals surface area contributed by atoms with E-state index < -0.39 is 0 Å². The van der Waals surface area contributed by atoms with Gasteiger partial charge in [-0.05, 0) is 37.9 Å². The van der Waals surface area contributed by atoms with Crippen molar-refractivity contribution >= 4 is 10.9 Å². The maximum absolute atomic E-state index is 3.49. The van der Waals surface area contributed by atoms with Crippen molar-refractivity contribution in [1.82, 2.24) is 15.2 Å². The highest BCUT2D eigenvalue weighted by molar-refractivity contribution is 5.84. The molecule has 1 aromatic carbocycles. The Morgan fingerprint density at radius 2 is 2.05 bits per heavy atom. The van der Waals surface area contributed by atoms with E-state index in [-0.39, 0.29) is 0 Å². The van der Waals surface area contributed by atoms with Crippen LogP contribution in [0.15, 0.2) is 24.3 Å². The van der Waals surface area contributed by atoms with Gasteiger partial charge in [0.15, 0.2) is 0 Å². The van der Waals surface area contributed by atoms with Gasteiger partial charge in [0.05, 0.1) is 0 Å². The van der Waals surface area contributed by atoms with Gasteiger partial charge in [0.25, 0.3) is 0 Å². The van der Waals surface area contributed by atoms with E-state index in [2.05, 4.69) is 53.4 Å². The molecule has 1 aromatic heterocycles. The standard InChI is InChI=1S/C16H23N3/c1-12-14(15-5-3-4-6-16(15)18-12)7-8-19(2)11-13-9-17-10-13/h3-6,13,17-18H,7-11H2,1-2H3. The number of hydrogen-bond donors (Lipinski definition) is 2. The van der Waals surface area contributed by atoms with Gasteiger partial charge in [-0.15, -0.1) is 0 Å². The Morgan fingerprint density at radius 3 is 2.79 bits per heavy atom. The number of aromatic amines is 1. The first-order chi connectivity index (χ1) is 9.24. The third kappa shape index (κ3) is 2.67. The summed E-state index contributed by atoms with van der Waals surface area (Å²) in [5.74, 6) is 0.856. The van der Waals surface area contributed by atoms with Gasteiger partial charge in [0, 0.05) is 42.8 Å². The first kappa shape index (κ1) is 12.7. The molecule has 0 radical (unpaired) electrons. The Kier molecular flexibility index (Phi) is 3.58. The highest BCUT2D eigenvalue weighted by atomic mass is 15.1. The Labute approximate surface area is 115 Å². The van der Waals surface area contributed by atoms with E-state index in [1.807, 2.05) is 0 Å². The van der Waals surface area contributed by atoms with Crippen molar-refractivity contribution in [2.24, 2.45) is 5.92 Å². The summed E-state index contributed by atoms with van der Waals surface area (Å²) in [7, 11) is 2.24. The zero-order valence-electron chi connectivity index (χ0n) is 11.9. The van der Waals surface area contributed by atoms with Crippen molar-refractivity contribution in [1.29, 1.82) is 0 Å². The summed E-state index contributed by atoms with van der Waals surface area (Å²) in [5.41, 5.74) is 4.06. The average molecular weight is 257 g/mol. The normalized spacial score (nSPS) is 16.2. The van der Waals surface area contributed by atoms with Crippen molar-refractivity contribution in [3.8, 4) is 0 Å². The van der Waals surface area contributed by atoms with E-state index in [1.165, 1.54) is 41.8 Å². The fourth-order valence-corrected chi connectivity index (χ4v) is 2.97. The van der Waals surface area contributed by atoms with Gasteiger partial charge in [0.2, 0.25) is 0 Å². The van der Waals surface area contributed by atoms with E-state index >= 15 is 0 Å². The molecular formula is C16H23N3. The maximum atomic E-state index is 3.49. The van der Waals surface area contributed by atoms with Gasteiger partial charge in [0.1, 0.15) is 0 Å². The molecule has 2 heterocycles. The SMILES string of the molecule is Cc1[nH]c2ccccc2c1CCN(C)CC1CNC1. The second-order valence-corrected chi connectivity index (χ2v) is 5.81. The van der Waals surface area contributed by atoms with E-state index in [0.29, 0.717) is 0 Å². The zero-order valence-corrected chi connectivity index (χ0v) is 11.9. The number of rotatable bonds is 5. The van der Waals surface area contributed by atoms with Gasteiger partial charge in [-0.2, -0.15) is 0 Å². The summed E-state index contributed by atoms with van der Waals surface area (Å²) in [6.07, 6.45) is 1.13. The van der Waals surface area contributed by atoms with Gasteiger partial charge in [-0.25, -0.2) is 0 Å². The van der Waals surface area contributed by atoms with E-state index in [0.717, 1.165) is 18.9 Å². The predicted octanol–water partition coefficient (Wildman–Crippen LogP) is 2.17. The number of benzene rings is 1. The van der Waals surface area contributed by atoms with Gasteiger partial charge in [-0.3, -0.25) is 0 Å². The average Bonchev–Trinajstić information content (AvgIpc) is 2.67. The fraction of sp³-hybridized carbons (Fsp3) is 0.500. The molecule has 3 rings (SSSR count). The smallest absolute Gasteiger partial charge is 0.0458 e. The minimum Gasteiger partial charge on any atom is -0.358 e. The number of nitrogens with zero attached hydrogens (tertiary/aromatic N) is 1. The largest absolute Gasteiger partial charge is 0.358 e. The van der Waals surface area contributed by atoms with Gasteiger partial charge in [-0.1, -0.05) is 18.2 Å². The van der Waals surface area contributed by atoms with Crippen molar-refractivity contribution in [2.75, 3.05) is 33.2 Å². The van der Waals surface area contributed by atoms with E-state index in [9.17, 15) is 0 Å². The number of H-pyrrole nitrogens is 1. The van der Waals surface area contributed by atoms with Crippen LogP contribution in [0.4, 0.5) is 0 Å². The quantitative estimate of drug-likeness (QED) is 0.860. The second-order valence-electron chi connectivity index (χ2n) is 5.81. The lowest BCUT2D eigenvalue weighted by molar-refractivity contribution is 0.226. The molecule has 1 fully saturated rings. The highest BCUT2D eigenvalue weighted by Crippen LogP contribution is 2.22. The lowest BCUT2D eigenvalue weighted by Crippen LogP contribution is -2.47. The summed E-state index contributed by atoms with van der Waals surface area (Å²) in [6.45, 7) is 6.92. The van der Waals surface area contributed by atoms with Crippen LogP contribution in [0.2, 0.25) is 0 Å². The van der Waals surface area contributed by atoms with Crippen LogP contribution in [-0.2, 0) is 6.42 Å². The highest BCUT2D eigenvalue weighted by Gasteiger charge is 2.18. The maximum Gasteiger partial charge on any atom is 0.0458 e. The number of para-hydroxylation sites is 1. The Morgan fingerprint density at radius 1 is 1.26 bits per heavy atom. The summed E-state index contributed by atoms with van der Waals surface area (Å²) < 4.78 is 0. The minimum absolute atomic E-state index is 0.856. The van der Waals surface area contributed by atoms with Gasteiger partial charge < -0.3 is 15.2 Å². The summed E-state index contributed by atoms with van der Waals surface area (Å²) in [4.78, 5) is 5.95. The topological polar surface area (TPSA) is 31.1 Å². The molecule has 19 heavy (non-hydrogen) atoms. The Balaban J connectivity index is 1.65. The molecule has 0 bridgehead atoms. The van der Waals surface area contributed by atoms with Crippen molar-refractivity contribution in [3.05, 3.63) is 35.5 Å². The molecule has 1 aliphatic rings. The van der Waals surface area contributed by atoms with Crippen LogP contribution in [0.3, 0.4) is 0 Å². The molecule has 0 spiro atoms. The molecule has 2 aromatic rings. The molecule has 0 aliphatic carbocycles.